The first-order chi connectivity index (χ1) is 9.02. The summed E-state index contributed by atoms with van der Waals surface area (Å²) in [6.07, 6.45) is 5.77. The standard InChI is InChI=1S/C15H16N2O2/c1-4-12-9-15(19)17(10-12)14-7-5-13(6-8-14)16(3)11(2)18/h1,5-8,12H,9-10H2,2-3H3. The number of anilines is 2. The van der Waals surface area contributed by atoms with Gasteiger partial charge in [-0.25, -0.2) is 0 Å². The average molecular weight is 256 g/mol. The zero-order valence-corrected chi connectivity index (χ0v) is 11.1. The van der Waals surface area contributed by atoms with Crippen molar-refractivity contribution in [1.82, 2.24) is 0 Å². The van der Waals surface area contributed by atoms with Gasteiger partial charge in [0.1, 0.15) is 0 Å². The van der Waals surface area contributed by atoms with Crippen LogP contribution in [0.1, 0.15) is 13.3 Å². The van der Waals surface area contributed by atoms with E-state index in [-0.39, 0.29) is 17.7 Å². The number of hydrogen-bond donors (Lipinski definition) is 0. The van der Waals surface area contributed by atoms with E-state index in [1.165, 1.54) is 6.92 Å². The van der Waals surface area contributed by atoms with E-state index in [0.29, 0.717) is 13.0 Å². The van der Waals surface area contributed by atoms with Gasteiger partial charge in [0.15, 0.2) is 0 Å². The average Bonchev–Trinajstić information content (AvgIpc) is 2.79. The topological polar surface area (TPSA) is 40.6 Å². The fourth-order valence-electron chi connectivity index (χ4n) is 2.11. The molecule has 0 spiro atoms. The molecule has 1 aromatic rings. The van der Waals surface area contributed by atoms with Crippen molar-refractivity contribution in [1.29, 1.82) is 0 Å². The fourth-order valence-corrected chi connectivity index (χ4v) is 2.11. The lowest BCUT2D eigenvalue weighted by atomic mass is 10.1. The smallest absolute Gasteiger partial charge is 0.228 e. The van der Waals surface area contributed by atoms with Crippen LogP contribution < -0.4 is 9.80 Å². The molecule has 1 aliphatic heterocycles. The molecule has 2 amide bonds. The highest BCUT2D eigenvalue weighted by Gasteiger charge is 2.29. The Morgan fingerprint density at radius 2 is 2.05 bits per heavy atom. The minimum absolute atomic E-state index is 0.00734. The molecule has 0 aliphatic carbocycles. The normalized spacial score (nSPS) is 18.3. The first kappa shape index (κ1) is 13.2. The molecule has 4 nitrogen and oxygen atoms in total. The Bertz CT molecular complexity index is 542. The van der Waals surface area contributed by atoms with Gasteiger partial charge in [-0.15, -0.1) is 12.3 Å². The molecule has 2 rings (SSSR count). The van der Waals surface area contributed by atoms with Crippen LogP contribution in [0.5, 0.6) is 0 Å². The van der Waals surface area contributed by atoms with Gasteiger partial charge in [-0.2, -0.15) is 0 Å². The van der Waals surface area contributed by atoms with Gasteiger partial charge < -0.3 is 9.80 Å². The molecule has 1 aromatic carbocycles. The summed E-state index contributed by atoms with van der Waals surface area (Å²) in [5.41, 5.74) is 1.62. The maximum atomic E-state index is 11.8. The number of rotatable bonds is 2. The Labute approximate surface area is 113 Å². The largest absolute Gasteiger partial charge is 0.316 e. The van der Waals surface area contributed by atoms with Gasteiger partial charge in [0.05, 0.1) is 0 Å². The Balaban J connectivity index is 2.18. The molecule has 1 unspecified atom stereocenters. The first-order valence-corrected chi connectivity index (χ1v) is 6.13. The van der Waals surface area contributed by atoms with Crippen molar-refractivity contribution in [3.63, 3.8) is 0 Å². The van der Waals surface area contributed by atoms with Gasteiger partial charge in [-0.3, -0.25) is 9.59 Å². The van der Waals surface area contributed by atoms with Crippen LogP contribution in [0, 0.1) is 18.3 Å². The van der Waals surface area contributed by atoms with Crippen LogP contribution in [-0.4, -0.2) is 25.4 Å². The van der Waals surface area contributed by atoms with E-state index in [4.69, 9.17) is 6.42 Å². The van der Waals surface area contributed by atoms with Gasteiger partial charge in [-0.05, 0) is 24.3 Å². The highest BCUT2D eigenvalue weighted by Crippen LogP contribution is 2.26. The monoisotopic (exact) mass is 256 g/mol. The van der Waals surface area contributed by atoms with Crippen LogP contribution >= 0.6 is 0 Å². The molecule has 0 bridgehead atoms. The summed E-state index contributed by atoms with van der Waals surface area (Å²) in [6.45, 7) is 2.08. The second-order valence-electron chi connectivity index (χ2n) is 4.67. The maximum absolute atomic E-state index is 11.8. The Morgan fingerprint density at radius 1 is 1.42 bits per heavy atom. The summed E-state index contributed by atoms with van der Waals surface area (Å²) in [6, 6.07) is 7.33. The summed E-state index contributed by atoms with van der Waals surface area (Å²) in [5, 5.41) is 0. The quantitative estimate of drug-likeness (QED) is 0.755. The number of nitrogens with zero attached hydrogens (tertiary/aromatic N) is 2. The predicted molar refractivity (Wildman–Crippen MR) is 74.8 cm³/mol. The fraction of sp³-hybridized carbons (Fsp3) is 0.333. The van der Waals surface area contributed by atoms with Crippen molar-refractivity contribution in [3.8, 4) is 12.3 Å². The number of carbonyl (C=O) groups excluding carboxylic acids is 2. The van der Waals surface area contributed by atoms with E-state index in [1.807, 2.05) is 24.3 Å². The summed E-state index contributed by atoms with van der Waals surface area (Å²) in [5.74, 6) is 2.64. The van der Waals surface area contributed by atoms with Gasteiger partial charge in [-0.1, -0.05) is 0 Å². The highest BCUT2D eigenvalue weighted by atomic mass is 16.2. The SMILES string of the molecule is C#CC1CC(=O)N(c2ccc(N(C)C(C)=O)cc2)C1. The van der Waals surface area contributed by atoms with E-state index >= 15 is 0 Å². The van der Waals surface area contributed by atoms with Crippen molar-refractivity contribution >= 4 is 23.2 Å². The van der Waals surface area contributed by atoms with Crippen LogP contribution in [0.2, 0.25) is 0 Å². The highest BCUT2D eigenvalue weighted by molar-refractivity contribution is 5.96. The Hall–Kier alpha value is -2.28. The number of carbonyl (C=O) groups is 2. The van der Waals surface area contributed by atoms with Crippen LogP contribution in [-0.2, 0) is 9.59 Å². The molecule has 0 saturated carbocycles. The van der Waals surface area contributed by atoms with E-state index < -0.39 is 0 Å². The molecule has 1 saturated heterocycles. The molecule has 0 radical (unpaired) electrons. The summed E-state index contributed by atoms with van der Waals surface area (Å²) in [4.78, 5) is 26.3. The number of benzene rings is 1. The predicted octanol–water partition coefficient (Wildman–Crippen LogP) is 1.66. The second kappa shape index (κ2) is 5.15. The van der Waals surface area contributed by atoms with Crippen molar-refractivity contribution in [2.45, 2.75) is 13.3 Å². The number of amides is 2. The molecule has 98 valence electrons. The Kier molecular flexibility index (Phi) is 3.57. The zero-order chi connectivity index (χ0) is 14.0. The second-order valence-corrected chi connectivity index (χ2v) is 4.67. The number of terminal acetylenes is 1. The minimum atomic E-state index is -0.0302. The molecule has 1 fully saturated rings. The van der Waals surface area contributed by atoms with Crippen LogP contribution in [0.25, 0.3) is 0 Å². The molecule has 19 heavy (non-hydrogen) atoms. The molecular formula is C15H16N2O2. The summed E-state index contributed by atoms with van der Waals surface area (Å²) in [7, 11) is 1.72. The van der Waals surface area contributed by atoms with Crippen molar-refractivity contribution in [2.24, 2.45) is 5.92 Å². The molecule has 4 heteroatoms. The van der Waals surface area contributed by atoms with E-state index in [0.717, 1.165) is 11.4 Å². The summed E-state index contributed by atoms with van der Waals surface area (Å²) >= 11 is 0. The van der Waals surface area contributed by atoms with Crippen LogP contribution in [0.15, 0.2) is 24.3 Å². The van der Waals surface area contributed by atoms with Gasteiger partial charge >= 0.3 is 0 Å². The van der Waals surface area contributed by atoms with Crippen LogP contribution in [0.3, 0.4) is 0 Å². The number of hydrogen-bond acceptors (Lipinski definition) is 2. The molecule has 0 aromatic heterocycles. The van der Waals surface area contributed by atoms with Crippen LogP contribution in [0.4, 0.5) is 11.4 Å². The van der Waals surface area contributed by atoms with Crippen molar-refractivity contribution in [2.75, 3.05) is 23.4 Å². The van der Waals surface area contributed by atoms with E-state index in [2.05, 4.69) is 5.92 Å². The van der Waals surface area contributed by atoms with E-state index in [1.54, 1.807) is 16.8 Å². The molecule has 0 N–H and O–H groups in total. The van der Waals surface area contributed by atoms with Gasteiger partial charge in [0.2, 0.25) is 11.8 Å². The van der Waals surface area contributed by atoms with E-state index in [9.17, 15) is 9.59 Å². The lowest BCUT2D eigenvalue weighted by molar-refractivity contribution is -0.117. The minimum Gasteiger partial charge on any atom is -0.316 e. The van der Waals surface area contributed by atoms with Crippen molar-refractivity contribution < 1.29 is 9.59 Å². The van der Waals surface area contributed by atoms with Crippen molar-refractivity contribution in [3.05, 3.63) is 24.3 Å². The Morgan fingerprint density at radius 3 is 2.53 bits per heavy atom. The molecular weight excluding hydrogens is 240 g/mol. The third kappa shape index (κ3) is 2.60. The molecule has 1 atom stereocenters. The molecule has 1 heterocycles. The molecule has 1 aliphatic rings. The van der Waals surface area contributed by atoms with Gasteiger partial charge in [0.25, 0.3) is 0 Å². The summed E-state index contributed by atoms with van der Waals surface area (Å²) < 4.78 is 0. The third-order valence-corrected chi connectivity index (χ3v) is 3.38. The third-order valence-electron chi connectivity index (χ3n) is 3.38. The lowest BCUT2D eigenvalue weighted by Gasteiger charge is -2.19. The lowest BCUT2D eigenvalue weighted by Crippen LogP contribution is -2.25. The zero-order valence-electron chi connectivity index (χ0n) is 11.1. The van der Waals surface area contributed by atoms with Gasteiger partial charge in [0, 0.05) is 44.2 Å². The first-order valence-electron chi connectivity index (χ1n) is 6.13. The maximum Gasteiger partial charge on any atom is 0.228 e.